The van der Waals surface area contributed by atoms with Gasteiger partial charge in [-0.3, -0.25) is 0 Å². The van der Waals surface area contributed by atoms with Crippen molar-refractivity contribution in [1.29, 1.82) is 0 Å². The normalized spacial score (nSPS) is 13.6. The summed E-state index contributed by atoms with van der Waals surface area (Å²) < 4.78 is 36.7. The van der Waals surface area contributed by atoms with Crippen molar-refractivity contribution in [2.75, 3.05) is 11.9 Å². The summed E-state index contributed by atoms with van der Waals surface area (Å²) in [6.07, 6.45) is -4.18. The molecule has 0 aliphatic rings. The molecule has 0 heterocycles. The zero-order chi connectivity index (χ0) is 12.2. The maximum absolute atomic E-state index is 12.2. The highest BCUT2D eigenvalue weighted by atomic mass is 19.4. The van der Waals surface area contributed by atoms with Gasteiger partial charge in [0.25, 0.3) is 0 Å². The largest absolute Gasteiger partial charge is 0.416 e. The quantitative estimate of drug-likeness (QED) is 0.838. The first-order valence-electron chi connectivity index (χ1n) is 5.02. The lowest BCUT2D eigenvalue weighted by atomic mass is 10.2. The number of hydrogen-bond acceptors (Lipinski definition) is 2. The lowest BCUT2D eigenvalue weighted by molar-refractivity contribution is -0.137. The second-order valence-corrected chi connectivity index (χ2v) is 3.52. The minimum absolute atomic E-state index is 0.335. The Morgan fingerprint density at radius 2 is 1.81 bits per heavy atom. The first-order chi connectivity index (χ1) is 7.43. The summed E-state index contributed by atoms with van der Waals surface area (Å²) in [6, 6.07) is 4.73. The van der Waals surface area contributed by atoms with Crippen LogP contribution in [-0.4, -0.2) is 17.8 Å². The second-order valence-electron chi connectivity index (χ2n) is 3.52. The molecule has 0 aromatic heterocycles. The Balaban J connectivity index is 2.58. The molecule has 0 fully saturated rings. The third-order valence-corrected chi connectivity index (χ3v) is 2.23. The molecule has 1 atom stereocenters. The van der Waals surface area contributed by atoms with E-state index in [1.165, 1.54) is 12.1 Å². The van der Waals surface area contributed by atoms with Crippen molar-refractivity contribution in [3.05, 3.63) is 29.8 Å². The van der Waals surface area contributed by atoms with E-state index >= 15 is 0 Å². The number of halogens is 3. The Bertz CT molecular complexity index is 321. The van der Waals surface area contributed by atoms with Gasteiger partial charge in [-0.05, 0) is 30.7 Å². The Hall–Kier alpha value is -1.23. The molecule has 5 heteroatoms. The topological polar surface area (TPSA) is 32.3 Å². The van der Waals surface area contributed by atoms with Gasteiger partial charge in [-0.1, -0.05) is 6.92 Å². The van der Waals surface area contributed by atoms with Crippen LogP contribution in [0.2, 0.25) is 0 Å². The van der Waals surface area contributed by atoms with Crippen molar-refractivity contribution < 1.29 is 18.3 Å². The van der Waals surface area contributed by atoms with Crippen LogP contribution in [0.15, 0.2) is 24.3 Å². The summed E-state index contributed by atoms with van der Waals surface area (Å²) in [5.41, 5.74) is -0.102. The van der Waals surface area contributed by atoms with Crippen LogP contribution in [0.3, 0.4) is 0 Å². The first kappa shape index (κ1) is 12.8. The highest BCUT2D eigenvalue weighted by Crippen LogP contribution is 2.29. The van der Waals surface area contributed by atoms with Gasteiger partial charge in [0.15, 0.2) is 0 Å². The molecule has 0 aliphatic carbocycles. The molecule has 2 nitrogen and oxygen atoms in total. The van der Waals surface area contributed by atoms with Gasteiger partial charge in [-0.2, -0.15) is 13.2 Å². The van der Waals surface area contributed by atoms with Gasteiger partial charge in [-0.15, -0.1) is 0 Å². The number of rotatable bonds is 4. The Labute approximate surface area is 92.1 Å². The maximum atomic E-state index is 12.2. The fraction of sp³-hybridized carbons (Fsp3) is 0.455. The molecule has 0 radical (unpaired) electrons. The fourth-order valence-corrected chi connectivity index (χ4v) is 1.16. The number of aliphatic hydroxyl groups excluding tert-OH is 1. The van der Waals surface area contributed by atoms with E-state index in [2.05, 4.69) is 5.32 Å². The molecule has 0 saturated heterocycles. The van der Waals surface area contributed by atoms with Crippen LogP contribution in [0.25, 0.3) is 0 Å². The lowest BCUT2D eigenvalue weighted by Crippen LogP contribution is -2.18. The van der Waals surface area contributed by atoms with E-state index in [0.29, 0.717) is 18.7 Å². The molecule has 2 N–H and O–H groups in total. The van der Waals surface area contributed by atoms with Crippen molar-refractivity contribution in [1.82, 2.24) is 0 Å². The van der Waals surface area contributed by atoms with E-state index in [0.717, 1.165) is 12.1 Å². The van der Waals surface area contributed by atoms with E-state index in [1.807, 2.05) is 6.92 Å². The molecule has 1 aromatic rings. The third kappa shape index (κ3) is 3.73. The highest BCUT2D eigenvalue weighted by molar-refractivity contribution is 5.45. The van der Waals surface area contributed by atoms with E-state index < -0.39 is 17.8 Å². The van der Waals surface area contributed by atoms with Crippen molar-refractivity contribution in [3.8, 4) is 0 Å². The molecule has 1 rings (SSSR count). The average Bonchev–Trinajstić information content (AvgIpc) is 2.25. The predicted octanol–water partition coefficient (Wildman–Crippen LogP) is 2.89. The van der Waals surface area contributed by atoms with Gasteiger partial charge in [0, 0.05) is 12.2 Å². The van der Waals surface area contributed by atoms with Crippen LogP contribution in [0.1, 0.15) is 18.9 Å². The minimum atomic E-state index is -4.30. The minimum Gasteiger partial charge on any atom is -0.391 e. The molecule has 0 spiro atoms. The summed E-state index contributed by atoms with van der Waals surface area (Å²) in [4.78, 5) is 0. The molecule has 0 bridgehead atoms. The van der Waals surface area contributed by atoms with E-state index in [-0.39, 0.29) is 0 Å². The van der Waals surface area contributed by atoms with Gasteiger partial charge in [0.1, 0.15) is 0 Å². The van der Waals surface area contributed by atoms with Crippen LogP contribution in [-0.2, 0) is 6.18 Å². The summed E-state index contributed by atoms with van der Waals surface area (Å²) in [7, 11) is 0. The summed E-state index contributed by atoms with van der Waals surface area (Å²) >= 11 is 0. The maximum Gasteiger partial charge on any atom is 0.416 e. The predicted molar refractivity (Wildman–Crippen MR) is 56.2 cm³/mol. The number of benzene rings is 1. The molecule has 1 aromatic carbocycles. The average molecular weight is 233 g/mol. The van der Waals surface area contributed by atoms with Gasteiger partial charge >= 0.3 is 6.18 Å². The van der Waals surface area contributed by atoms with Crippen molar-refractivity contribution in [3.63, 3.8) is 0 Å². The van der Waals surface area contributed by atoms with E-state index in [1.54, 1.807) is 0 Å². The van der Waals surface area contributed by atoms with Crippen molar-refractivity contribution in [2.45, 2.75) is 25.6 Å². The molecular weight excluding hydrogens is 219 g/mol. The molecular formula is C11H14F3NO. The van der Waals surface area contributed by atoms with Crippen LogP contribution in [0, 0.1) is 0 Å². The molecule has 0 aliphatic heterocycles. The van der Waals surface area contributed by atoms with Crippen LogP contribution >= 0.6 is 0 Å². The molecule has 1 unspecified atom stereocenters. The van der Waals surface area contributed by atoms with Gasteiger partial charge < -0.3 is 10.4 Å². The Morgan fingerprint density at radius 1 is 1.25 bits per heavy atom. The standard InChI is InChI=1S/C11H14F3NO/c1-2-10(16)7-15-9-5-3-8(4-6-9)11(12,13)14/h3-6,10,15-16H,2,7H2,1H3. The van der Waals surface area contributed by atoms with Crippen molar-refractivity contribution in [2.24, 2.45) is 0 Å². The third-order valence-electron chi connectivity index (χ3n) is 2.23. The molecule has 0 amide bonds. The summed E-state index contributed by atoms with van der Waals surface area (Å²) in [5, 5.41) is 12.1. The Morgan fingerprint density at radius 3 is 2.25 bits per heavy atom. The number of alkyl halides is 3. The first-order valence-corrected chi connectivity index (χ1v) is 5.02. The van der Waals surface area contributed by atoms with E-state index in [9.17, 15) is 18.3 Å². The number of anilines is 1. The van der Waals surface area contributed by atoms with Crippen LogP contribution in [0.5, 0.6) is 0 Å². The van der Waals surface area contributed by atoms with Crippen LogP contribution in [0.4, 0.5) is 18.9 Å². The van der Waals surface area contributed by atoms with Gasteiger partial charge in [0.05, 0.1) is 11.7 Å². The van der Waals surface area contributed by atoms with Gasteiger partial charge in [0.2, 0.25) is 0 Å². The molecule has 0 saturated carbocycles. The van der Waals surface area contributed by atoms with E-state index in [4.69, 9.17) is 0 Å². The number of aliphatic hydroxyl groups is 1. The fourth-order valence-electron chi connectivity index (χ4n) is 1.16. The second kappa shape index (κ2) is 5.21. The zero-order valence-electron chi connectivity index (χ0n) is 8.88. The van der Waals surface area contributed by atoms with Gasteiger partial charge in [-0.25, -0.2) is 0 Å². The SMILES string of the molecule is CCC(O)CNc1ccc(C(F)(F)F)cc1. The highest BCUT2D eigenvalue weighted by Gasteiger charge is 2.29. The smallest absolute Gasteiger partial charge is 0.391 e. The number of nitrogens with one attached hydrogen (secondary N) is 1. The Kier molecular flexibility index (Phi) is 4.18. The number of hydrogen-bond donors (Lipinski definition) is 2. The zero-order valence-corrected chi connectivity index (χ0v) is 8.88. The van der Waals surface area contributed by atoms with Crippen molar-refractivity contribution >= 4 is 5.69 Å². The monoisotopic (exact) mass is 233 g/mol. The summed E-state index contributed by atoms with van der Waals surface area (Å²) in [5.74, 6) is 0. The lowest BCUT2D eigenvalue weighted by Gasteiger charge is -2.12. The summed E-state index contributed by atoms with van der Waals surface area (Å²) in [6.45, 7) is 2.17. The van der Waals surface area contributed by atoms with Crippen LogP contribution < -0.4 is 5.32 Å². The molecule has 90 valence electrons. The molecule has 16 heavy (non-hydrogen) atoms.